The minimum absolute atomic E-state index is 0.171. The van der Waals surface area contributed by atoms with Gasteiger partial charge >= 0.3 is 0 Å². The normalized spacial score (nSPS) is 15.6. The first-order valence-electron chi connectivity index (χ1n) is 8.85. The maximum absolute atomic E-state index is 12.2. The molecule has 3 aromatic rings. The molecule has 0 aliphatic carbocycles. The zero-order valence-electron chi connectivity index (χ0n) is 14.9. The van der Waals surface area contributed by atoms with E-state index in [1.54, 1.807) is 0 Å². The lowest BCUT2D eigenvalue weighted by atomic mass is 10.0. The number of hydrogen-bond donors (Lipinski definition) is 0. The predicted octanol–water partition coefficient (Wildman–Crippen LogP) is 3.84. The molecule has 2 heterocycles. The highest BCUT2D eigenvalue weighted by molar-refractivity contribution is 6.15. The summed E-state index contributed by atoms with van der Waals surface area (Å²) in [5.74, 6) is 1.69. The lowest BCUT2D eigenvalue weighted by Gasteiger charge is -2.12. The van der Waals surface area contributed by atoms with Gasteiger partial charge in [0.15, 0.2) is 5.82 Å². The van der Waals surface area contributed by atoms with Crippen molar-refractivity contribution < 1.29 is 4.79 Å². The minimum atomic E-state index is -0.341. The fourth-order valence-corrected chi connectivity index (χ4v) is 3.37. The number of benzene rings is 2. The van der Waals surface area contributed by atoms with Crippen LogP contribution in [0.25, 0.3) is 5.69 Å². The summed E-state index contributed by atoms with van der Waals surface area (Å²) in [4.78, 5) is 17.2. The Morgan fingerprint density at radius 3 is 2.54 bits per heavy atom. The summed E-state index contributed by atoms with van der Waals surface area (Å²) in [6, 6.07) is 17.9. The molecule has 5 nitrogen and oxygen atoms in total. The number of aromatic nitrogens is 3. The molecule has 1 aliphatic heterocycles. The van der Waals surface area contributed by atoms with E-state index in [-0.39, 0.29) is 11.8 Å². The van der Waals surface area contributed by atoms with Gasteiger partial charge in [-0.25, -0.2) is 0 Å². The van der Waals surface area contributed by atoms with Gasteiger partial charge in [0, 0.05) is 24.0 Å². The average molecular weight is 344 g/mol. The van der Waals surface area contributed by atoms with E-state index in [2.05, 4.69) is 22.3 Å². The van der Waals surface area contributed by atoms with Crippen molar-refractivity contribution in [3.63, 3.8) is 0 Å². The zero-order chi connectivity index (χ0) is 18.1. The van der Waals surface area contributed by atoms with Crippen LogP contribution in [0.1, 0.15) is 48.6 Å². The summed E-state index contributed by atoms with van der Waals surface area (Å²) < 4.78 is 2.03. The average Bonchev–Trinajstić information content (AvgIpc) is 3.00. The van der Waals surface area contributed by atoms with Gasteiger partial charge in [-0.05, 0) is 13.0 Å². The van der Waals surface area contributed by atoms with Crippen molar-refractivity contribution in [2.75, 3.05) is 0 Å². The molecule has 5 heteroatoms. The summed E-state index contributed by atoms with van der Waals surface area (Å²) in [5, 5.41) is 8.62. The Labute approximate surface area is 152 Å². The van der Waals surface area contributed by atoms with Crippen LogP contribution < -0.4 is 0 Å². The molecule has 0 radical (unpaired) electrons. The molecule has 2 aromatic carbocycles. The van der Waals surface area contributed by atoms with E-state index in [0.717, 1.165) is 34.2 Å². The van der Waals surface area contributed by atoms with Crippen molar-refractivity contribution in [1.29, 1.82) is 0 Å². The molecule has 0 bridgehead atoms. The first-order chi connectivity index (χ1) is 12.7. The van der Waals surface area contributed by atoms with Crippen LogP contribution in [0, 0.1) is 6.92 Å². The fourth-order valence-electron chi connectivity index (χ4n) is 3.37. The number of aliphatic imine (C=N–C) groups is 1. The number of carbonyl (C=O) groups is 1. The van der Waals surface area contributed by atoms with Gasteiger partial charge in [-0.1, -0.05) is 55.5 Å². The second kappa shape index (κ2) is 6.67. The first kappa shape index (κ1) is 16.4. The van der Waals surface area contributed by atoms with Crippen LogP contribution in [0.5, 0.6) is 0 Å². The molecule has 1 atom stereocenters. The van der Waals surface area contributed by atoms with E-state index in [1.807, 2.05) is 60.9 Å². The van der Waals surface area contributed by atoms with E-state index in [9.17, 15) is 4.79 Å². The van der Waals surface area contributed by atoms with Gasteiger partial charge in [0.25, 0.3) is 0 Å². The van der Waals surface area contributed by atoms with E-state index >= 15 is 0 Å². The van der Waals surface area contributed by atoms with Crippen molar-refractivity contribution in [2.45, 2.75) is 32.7 Å². The highest BCUT2D eigenvalue weighted by atomic mass is 16.1. The Morgan fingerprint density at radius 1 is 1.04 bits per heavy atom. The van der Waals surface area contributed by atoms with Crippen LogP contribution in [0.4, 0.5) is 0 Å². The van der Waals surface area contributed by atoms with E-state index < -0.39 is 0 Å². The molecule has 0 unspecified atom stereocenters. The monoisotopic (exact) mass is 344 g/mol. The van der Waals surface area contributed by atoms with Crippen molar-refractivity contribution in [3.8, 4) is 5.69 Å². The third-order valence-corrected chi connectivity index (χ3v) is 4.70. The summed E-state index contributed by atoms with van der Waals surface area (Å²) in [5.41, 5.74) is 3.94. The lowest BCUT2D eigenvalue weighted by Crippen LogP contribution is -2.10. The molecule has 0 saturated heterocycles. The van der Waals surface area contributed by atoms with Crippen molar-refractivity contribution in [3.05, 3.63) is 77.4 Å². The quantitative estimate of drug-likeness (QED) is 0.722. The Balaban J connectivity index is 1.98. The molecule has 0 N–H and O–H groups in total. The van der Waals surface area contributed by atoms with E-state index in [0.29, 0.717) is 12.8 Å². The second-order valence-electron chi connectivity index (χ2n) is 6.41. The number of nitrogens with zero attached hydrogens (tertiary/aromatic N) is 4. The van der Waals surface area contributed by atoms with Crippen molar-refractivity contribution in [1.82, 2.24) is 14.8 Å². The molecule has 130 valence electrons. The van der Waals surface area contributed by atoms with Crippen molar-refractivity contribution in [2.24, 2.45) is 4.99 Å². The number of Topliss-reactive ketones (excluding diaryl/α,β-unsaturated/α-hetero) is 1. The number of rotatable bonds is 4. The van der Waals surface area contributed by atoms with Crippen LogP contribution in [0.15, 0.2) is 59.6 Å². The smallest absolute Gasteiger partial charge is 0.162 e. The number of para-hydroxylation sites is 1. The molecular weight excluding hydrogens is 324 g/mol. The maximum Gasteiger partial charge on any atom is 0.162 e. The molecular formula is C21H20N4O. The van der Waals surface area contributed by atoms with Gasteiger partial charge in [-0.2, -0.15) is 0 Å². The Morgan fingerprint density at radius 2 is 1.77 bits per heavy atom. The third-order valence-electron chi connectivity index (χ3n) is 4.70. The summed E-state index contributed by atoms with van der Waals surface area (Å²) in [6.45, 7) is 3.81. The van der Waals surface area contributed by atoms with Crippen LogP contribution in [0.2, 0.25) is 0 Å². The molecule has 0 fully saturated rings. The zero-order valence-corrected chi connectivity index (χ0v) is 14.9. The molecule has 1 aliphatic rings. The van der Waals surface area contributed by atoms with Gasteiger partial charge in [0.1, 0.15) is 17.6 Å². The highest BCUT2D eigenvalue weighted by Crippen LogP contribution is 2.32. The highest BCUT2D eigenvalue weighted by Gasteiger charge is 2.28. The molecule has 1 aromatic heterocycles. The first-order valence-corrected chi connectivity index (χ1v) is 8.85. The minimum Gasteiger partial charge on any atom is -0.300 e. The third kappa shape index (κ3) is 2.75. The number of ketones is 1. The van der Waals surface area contributed by atoms with Gasteiger partial charge in [-0.3, -0.25) is 14.4 Å². The van der Waals surface area contributed by atoms with Crippen molar-refractivity contribution >= 4 is 11.5 Å². The molecule has 0 amide bonds. The number of fused-ring (bicyclic) bond motifs is 3. The molecule has 0 saturated carbocycles. The molecule has 0 spiro atoms. The Hall–Kier alpha value is -3.08. The topological polar surface area (TPSA) is 60.1 Å². The van der Waals surface area contributed by atoms with E-state index in [1.165, 1.54) is 0 Å². The fraction of sp³-hybridized carbons (Fsp3) is 0.238. The lowest BCUT2D eigenvalue weighted by molar-refractivity contribution is -0.119. The predicted molar refractivity (Wildman–Crippen MR) is 101 cm³/mol. The summed E-state index contributed by atoms with van der Waals surface area (Å²) in [6.07, 6.45) is 0.825. The molecule has 26 heavy (non-hydrogen) atoms. The SMILES string of the molecule is CCC(=O)C[C@@H]1N=C(c2ccccc2)c2ccccc2-n2c(C)nnc21. The number of hydrogen-bond acceptors (Lipinski definition) is 4. The largest absolute Gasteiger partial charge is 0.300 e. The van der Waals surface area contributed by atoms with Gasteiger partial charge in [0.05, 0.1) is 11.4 Å². The number of aryl methyl sites for hydroxylation is 1. The van der Waals surface area contributed by atoms with Gasteiger partial charge in [0.2, 0.25) is 0 Å². The van der Waals surface area contributed by atoms with Gasteiger partial charge < -0.3 is 0 Å². The van der Waals surface area contributed by atoms with Gasteiger partial charge in [-0.15, -0.1) is 10.2 Å². The van der Waals surface area contributed by atoms with Crippen LogP contribution in [0.3, 0.4) is 0 Å². The standard InChI is InChI=1S/C21H20N4O/c1-3-16(26)13-18-21-24-23-14(2)25(21)19-12-8-7-11-17(19)20(22-18)15-9-5-4-6-10-15/h4-12,18H,3,13H2,1-2H3/t18-/m0/s1. The maximum atomic E-state index is 12.2. The van der Waals surface area contributed by atoms with E-state index in [4.69, 9.17) is 4.99 Å². The number of carbonyl (C=O) groups excluding carboxylic acids is 1. The summed E-state index contributed by atoms with van der Waals surface area (Å²) >= 11 is 0. The summed E-state index contributed by atoms with van der Waals surface area (Å²) in [7, 11) is 0. The Bertz CT molecular complexity index is 988. The van der Waals surface area contributed by atoms with Crippen LogP contribution in [-0.2, 0) is 4.79 Å². The Kier molecular flexibility index (Phi) is 4.21. The van der Waals surface area contributed by atoms with Crippen LogP contribution >= 0.6 is 0 Å². The second-order valence-corrected chi connectivity index (χ2v) is 6.41. The van der Waals surface area contributed by atoms with Crippen LogP contribution in [-0.4, -0.2) is 26.3 Å². The molecule has 4 rings (SSSR count).